The third kappa shape index (κ3) is 3.76. The van der Waals surface area contributed by atoms with E-state index in [2.05, 4.69) is 17.2 Å². The summed E-state index contributed by atoms with van der Waals surface area (Å²) in [5.41, 5.74) is 2.24. The van der Waals surface area contributed by atoms with Gasteiger partial charge in [-0.15, -0.1) is 0 Å². The van der Waals surface area contributed by atoms with Gasteiger partial charge in [0.15, 0.2) is 0 Å². The zero-order valence-corrected chi connectivity index (χ0v) is 10.5. The third-order valence-corrected chi connectivity index (χ3v) is 3.47. The van der Waals surface area contributed by atoms with Gasteiger partial charge in [-0.1, -0.05) is 26.7 Å². The summed E-state index contributed by atoms with van der Waals surface area (Å²) < 4.78 is 0. The first-order valence-electron chi connectivity index (χ1n) is 6.43. The first-order valence-corrected chi connectivity index (χ1v) is 6.43. The van der Waals surface area contributed by atoms with Crippen molar-refractivity contribution in [2.75, 3.05) is 13.1 Å². The fraction of sp³-hybridized carbons (Fsp3) is 0.917. The van der Waals surface area contributed by atoms with Gasteiger partial charge in [-0.25, -0.2) is 5.84 Å². The van der Waals surface area contributed by atoms with Crippen molar-refractivity contribution in [1.82, 2.24) is 10.3 Å². The number of nitrogens with zero attached hydrogens (tertiary/aromatic N) is 1. The van der Waals surface area contributed by atoms with E-state index in [4.69, 9.17) is 5.84 Å². The minimum atomic E-state index is -0.0548. The summed E-state index contributed by atoms with van der Waals surface area (Å²) in [6.07, 6.45) is 6.34. The number of piperidine rings is 1. The van der Waals surface area contributed by atoms with Gasteiger partial charge in [0.1, 0.15) is 0 Å². The highest BCUT2D eigenvalue weighted by molar-refractivity contribution is 5.77. The number of nitrogens with one attached hydrogen (secondary N) is 1. The molecule has 1 aliphatic rings. The number of carbonyl (C=O) groups is 1. The minimum absolute atomic E-state index is 0.0116. The maximum absolute atomic E-state index is 11.4. The molecule has 1 aliphatic heterocycles. The van der Waals surface area contributed by atoms with E-state index in [1.165, 1.54) is 32.1 Å². The third-order valence-electron chi connectivity index (χ3n) is 3.47. The van der Waals surface area contributed by atoms with Gasteiger partial charge in [-0.05, 0) is 25.8 Å². The molecule has 16 heavy (non-hydrogen) atoms. The average molecular weight is 227 g/mol. The number of carbonyl (C=O) groups excluding carboxylic acids is 1. The van der Waals surface area contributed by atoms with E-state index in [1.807, 2.05) is 6.92 Å². The van der Waals surface area contributed by atoms with E-state index >= 15 is 0 Å². The highest BCUT2D eigenvalue weighted by atomic mass is 16.2. The van der Waals surface area contributed by atoms with Crippen molar-refractivity contribution in [1.29, 1.82) is 0 Å². The summed E-state index contributed by atoms with van der Waals surface area (Å²) in [4.78, 5) is 13.9. The van der Waals surface area contributed by atoms with E-state index in [9.17, 15) is 4.79 Å². The molecule has 1 heterocycles. The summed E-state index contributed by atoms with van der Waals surface area (Å²) in [6.45, 7) is 6.14. The average Bonchev–Trinajstić information content (AvgIpc) is 2.31. The van der Waals surface area contributed by atoms with E-state index in [-0.39, 0.29) is 11.8 Å². The maximum Gasteiger partial charge on any atom is 0.237 e. The van der Waals surface area contributed by atoms with E-state index in [1.54, 1.807) is 0 Å². The zero-order valence-electron chi connectivity index (χ0n) is 10.5. The molecule has 0 bridgehead atoms. The van der Waals surface area contributed by atoms with Crippen molar-refractivity contribution in [3.05, 3.63) is 0 Å². The second-order valence-electron chi connectivity index (χ2n) is 4.84. The number of hydrogen-bond acceptors (Lipinski definition) is 3. The van der Waals surface area contributed by atoms with Crippen LogP contribution in [-0.2, 0) is 4.79 Å². The lowest BCUT2D eigenvalue weighted by atomic mass is 9.96. The predicted molar refractivity (Wildman–Crippen MR) is 65.6 cm³/mol. The summed E-state index contributed by atoms with van der Waals surface area (Å²) >= 11 is 0. The van der Waals surface area contributed by atoms with Gasteiger partial charge < -0.3 is 0 Å². The van der Waals surface area contributed by atoms with Crippen molar-refractivity contribution in [3.63, 3.8) is 0 Å². The summed E-state index contributed by atoms with van der Waals surface area (Å²) in [5.74, 6) is 5.09. The van der Waals surface area contributed by atoms with E-state index < -0.39 is 0 Å². The van der Waals surface area contributed by atoms with Crippen LogP contribution in [0.15, 0.2) is 0 Å². The molecule has 0 saturated carbocycles. The summed E-state index contributed by atoms with van der Waals surface area (Å²) in [6, 6.07) is 0.673. The molecule has 4 heteroatoms. The van der Waals surface area contributed by atoms with Gasteiger partial charge in [-0.3, -0.25) is 15.1 Å². The Morgan fingerprint density at radius 1 is 1.56 bits per heavy atom. The molecule has 1 rings (SSSR count). The first kappa shape index (κ1) is 13.5. The van der Waals surface area contributed by atoms with Gasteiger partial charge in [0, 0.05) is 18.5 Å². The highest BCUT2D eigenvalue weighted by Gasteiger charge is 2.24. The van der Waals surface area contributed by atoms with Crippen molar-refractivity contribution >= 4 is 5.91 Å². The number of rotatable bonds is 5. The number of likely N-dealkylation sites (tertiary alicyclic amines) is 1. The molecule has 2 atom stereocenters. The quantitative estimate of drug-likeness (QED) is 0.422. The number of amides is 1. The molecule has 94 valence electrons. The second-order valence-corrected chi connectivity index (χ2v) is 4.84. The van der Waals surface area contributed by atoms with Gasteiger partial charge in [-0.2, -0.15) is 0 Å². The molecule has 3 N–H and O–H groups in total. The fourth-order valence-corrected chi connectivity index (χ4v) is 2.54. The molecule has 0 aromatic rings. The minimum Gasteiger partial charge on any atom is -0.300 e. The molecule has 0 aromatic heterocycles. The van der Waals surface area contributed by atoms with Crippen molar-refractivity contribution in [2.45, 2.75) is 52.0 Å². The Kier molecular flexibility index (Phi) is 5.77. The van der Waals surface area contributed by atoms with Crippen molar-refractivity contribution < 1.29 is 4.79 Å². The van der Waals surface area contributed by atoms with Crippen LogP contribution in [0, 0.1) is 5.92 Å². The molecular weight excluding hydrogens is 202 g/mol. The Morgan fingerprint density at radius 3 is 2.94 bits per heavy atom. The Bertz CT molecular complexity index is 218. The number of nitrogens with two attached hydrogens (primary N) is 1. The van der Waals surface area contributed by atoms with Crippen LogP contribution >= 0.6 is 0 Å². The Labute approximate surface area is 98.5 Å². The molecule has 0 aliphatic carbocycles. The molecule has 0 radical (unpaired) electrons. The van der Waals surface area contributed by atoms with Crippen LogP contribution in [0.4, 0.5) is 0 Å². The van der Waals surface area contributed by atoms with Gasteiger partial charge >= 0.3 is 0 Å². The molecule has 0 spiro atoms. The monoisotopic (exact) mass is 227 g/mol. The lowest BCUT2D eigenvalue weighted by Crippen LogP contribution is -2.46. The van der Waals surface area contributed by atoms with Crippen molar-refractivity contribution in [2.24, 2.45) is 11.8 Å². The zero-order chi connectivity index (χ0) is 12.0. The Balaban J connectivity index is 2.45. The topological polar surface area (TPSA) is 58.4 Å². The largest absolute Gasteiger partial charge is 0.300 e. The van der Waals surface area contributed by atoms with Crippen LogP contribution < -0.4 is 11.3 Å². The molecule has 1 amide bonds. The lowest BCUT2D eigenvalue weighted by Gasteiger charge is -2.36. The van der Waals surface area contributed by atoms with Crippen LogP contribution in [0.25, 0.3) is 0 Å². The Hall–Kier alpha value is -0.610. The van der Waals surface area contributed by atoms with Crippen LogP contribution in [-0.4, -0.2) is 29.9 Å². The van der Waals surface area contributed by atoms with E-state index in [0.29, 0.717) is 6.04 Å². The molecular formula is C12H25N3O. The standard InChI is InChI=1S/C12H25N3O/c1-3-6-11-7-4-5-8-15(11)9-10(2)12(16)14-13/h10-11H,3-9,13H2,1-2H3,(H,14,16). The van der Waals surface area contributed by atoms with Gasteiger partial charge in [0.05, 0.1) is 0 Å². The van der Waals surface area contributed by atoms with Gasteiger partial charge in [0.2, 0.25) is 5.91 Å². The maximum atomic E-state index is 11.4. The van der Waals surface area contributed by atoms with Crippen molar-refractivity contribution in [3.8, 4) is 0 Å². The molecule has 1 fully saturated rings. The molecule has 4 nitrogen and oxygen atoms in total. The van der Waals surface area contributed by atoms with Crippen LogP contribution in [0.2, 0.25) is 0 Å². The smallest absolute Gasteiger partial charge is 0.237 e. The normalized spacial score (nSPS) is 24.1. The molecule has 2 unspecified atom stereocenters. The Morgan fingerprint density at radius 2 is 2.31 bits per heavy atom. The molecule has 1 saturated heterocycles. The van der Waals surface area contributed by atoms with Gasteiger partial charge in [0.25, 0.3) is 0 Å². The summed E-state index contributed by atoms with van der Waals surface area (Å²) in [7, 11) is 0. The predicted octanol–water partition coefficient (Wildman–Crippen LogP) is 1.27. The number of hydrogen-bond donors (Lipinski definition) is 2. The SMILES string of the molecule is CCCC1CCCCN1CC(C)C(=O)NN. The van der Waals surface area contributed by atoms with Crippen LogP contribution in [0.3, 0.4) is 0 Å². The first-order chi connectivity index (χ1) is 7.69. The van der Waals surface area contributed by atoms with E-state index in [0.717, 1.165) is 13.1 Å². The van der Waals surface area contributed by atoms with Crippen LogP contribution in [0.1, 0.15) is 46.0 Å². The fourth-order valence-electron chi connectivity index (χ4n) is 2.54. The lowest BCUT2D eigenvalue weighted by molar-refractivity contribution is -0.125. The number of hydrazine groups is 1. The highest BCUT2D eigenvalue weighted by Crippen LogP contribution is 2.21. The van der Waals surface area contributed by atoms with Crippen LogP contribution in [0.5, 0.6) is 0 Å². The molecule has 0 aromatic carbocycles. The summed E-state index contributed by atoms with van der Waals surface area (Å²) in [5, 5.41) is 0. The second kappa shape index (κ2) is 6.86.